The number of halogens is 1. The molecular weight excluding hydrogens is 411 g/mol. The summed E-state index contributed by atoms with van der Waals surface area (Å²) >= 11 is 1.79. The van der Waals surface area contributed by atoms with E-state index in [0.717, 1.165) is 24.1 Å². The molecule has 0 heterocycles. The molecule has 1 aliphatic carbocycles. The van der Waals surface area contributed by atoms with Gasteiger partial charge in [0.15, 0.2) is 0 Å². The van der Waals surface area contributed by atoms with Crippen molar-refractivity contribution < 1.29 is 14.0 Å². The number of hydrogen-bond acceptors (Lipinski definition) is 4. The van der Waals surface area contributed by atoms with Crippen molar-refractivity contribution in [3.05, 3.63) is 95.8 Å². The molecule has 0 aromatic heterocycles. The van der Waals surface area contributed by atoms with Gasteiger partial charge in [-0.05, 0) is 60.5 Å². The first kappa shape index (κ1) is 21.1. The number of benzene rings is 3. The van der Waals surface area contributed by atoms with E-state index in [9.17, 15) is 14.0 Å². The molecule has 3 unspecified atom stereocenters. The van der Waals surface area contributed by atoms with Crippen molar-refractivity contribution >= 4 is 29.6 Å². The number of anilines is 1. The van der Waals surface area contributed by atoms with Crippen LogP contribution in [0.1, 0.15) is 22.3 Å². The van der Waals surface area contributed by atoms with Gasteiger partial charge in [0, 0.05) is 33.9 Å². The summed E-state index contributed by atoms with van der Waals surface area (Å²) in [5.41, 5.74) is 2.62. The van der Waals surface area contributed by atoms with E-state index < -0.39 is 11.9 Å². The van der Waals surface area contributed by atoms with Crippen LogP contribution in [0.4, 0.5) is 10.1 Å². The molecule has 2 N–H and O–H groups in total. The fourth-order valence-electron chi connectivity index (χ4n) is 3.46. The van der Waals surface area contributed by atoms with E-state index in [-0.39, 0.29) is 17.9 Å². The Labute approximate surface area is 185 Å². The van der Waals surface area contributed by atoms with Crippen LogP contribution in [0, 0.1) is 11.7 Å². The number of aldehydes is 1. The van der Waals surface area contributed by atoms with Gasteiger partial charge in [0.2, 0.25) is 0 Å². The van der Waals surface area contributed by atoms with Crippen LogP contribution in [-0.2, 0) is 10.5 Å². The average Bonchev–Trinajstić information content (AvgIpc) is 3.56. The van der Waals surface area contributed by atoms with Crippen LogP contribution in [0.3, 0.4) is 0 Å². The Balaban J connectivity index is 1.27. The predicted octanol–water partition coefficient (Wildman–Crippen LogP) is 4.92. The highest BCUT2D eigenvalue weighted by molar-refractivity contribution is 7.98. The first-order valence-corrected chi connectivity index (χ1v) is 11.2. The molecule has 1 fully saturated rings. The van der Waals surface area contributed by atoms with E-state index >= 15 is 0 Å². The van der Waals surface area contributed by atoms with Crippen LogP contribution < -0.4 is 10.6 Å². The fraction of sp³-hybridized carbons (Fsp3) is 0.200. The zero-order valence-electron chi connectivity index (χ0n) is 16.8. The summed E-state index contributed by atoms with van der Waals surface area (Å²) in [6, 6.07) is 23.4. The standard InChI is InChI=1S/C25H23FN2O2S/c26-19-8-6-18(7-9-19)25(30)28-24(15-29)22-14-23(22)27-20-10-12-21(13-11-20)31-16-17-4-2-1-3-5-17/h1-13,15,22-24,27H,14,16H2,(H,28,30). The molecule has 1 saturated carbocycles. The van der Waals surface area contributed by atoms with Gasteiger partial charge >= 0.3 is 0 Å². The molecule has 1 amide bonds. The smallest absolute Gasteiger partial charge is 0.251 e. The second-order valence-electron chi connectivity index (χ2n) is 7.59. The van der Waals surface area contributed by atoms with E-state index in [1.54, 1.807) is 11.8 Å². The summed E-state index contributed by atoms with van der Waals surface area (Å²) < 4.78 is 13.0. The highest BCUT2D eigenvalue weighted by Crippen LogP contribution is 2.36. The Bertz CT molecular complexity index is 1030. The maximum absolute atomic E-state index is 13.0. The monoisotopic (exact) mass is 434 g/mol. The Hall–Kier alpha value is -3.12. The van der Waals surface area contributed by atoms with Crippen LogP contribution >= 0.6 is 11.8 Å². The summed E-state index contributed by atoms with van der Waals surface area (Å²) in [5, 5.41) is 6.18. The summed E-state index contributed by atoms with van der Waals surface area (Å²) in [4.78, 5) is 25.0. The minimum Gasteiger partial charge on any atom is -0.382 e. The topological polar surface area (TPSA) is 58.2 Å². The van der Waals surface area contributed by atoms with Gasteiger partial charge < -0.3 is 15.4 Å². The molecule has 4 rings (SSSR count). The Morgan fingerprint density at radius 2 is 1.74 bits per heavy atom. The quantitative estimate of drug-likeness (QED) is 0.371. The number of amides is 1. The van der Waals surface area contributed by atoms with Crippen molar-refractivity contribution in [1.29, 1.82) is 0 Å². The van der Waals surface area contributed by atoms with Crippen LogP contribution in [0.25, 0.3) is 0 Å². The van der Waals surface area contributed by atoms with Crippen molar-refractivity contribution in [2.75, 3.05) is 5.32 Å². The Kier molecular flexibility index (Phi) is 6.67. The lowest BCUT2D eigenvalue weighted by Crippen LogP contribution is -2.39. The first-order valence-electron chi connectivity index (χ1n) is 10.2. The second-order valence-corrected chi connectivity index (χ2v) is 8.64. The highest BCUT2D eigenvalue weighted by atomic mass is 32.2. The number of carbonyl (C=O) groups is 2. The third-order valence-corrected chi connectivity index (χ3v) is 6.39. The van der Waals surface area contributed by atoms with E-state index in [2.05, 4.69) is 34.9 Å². The van der Waals surface area contributed by atoms with Crippen molar-refractivity contribution in [3.63, 3.8) is 0 Å². The molecule has 0 radical (unpaired) electrons. The summed E-state index contributed by atoms with van der Waals surface area (Å²) in [6.45, 7) is 0. The lowest BCUT2D eigenvalue weighted by Gasteiger charge is -2.14. The van der Waals surface area contributed by atoms with Gasteiger partial charge in [-0.3, -0.25) is 4.79 Å². The van der Waals surface area contributed by atoms with Gasteiger partial charge in [-0.1, -0.05) is 30.3 Å². The van der Waals surface area contributed by atoms with E-state index in [1.807, 2.05) is 30.3 Å². The molecule has 0 aliphatic heterocycles. The number of thioether (sulfide) groups is 1. The van der Waals surface area contributed by atoms with Crippen LogP contribution in [0.15, 0.2) is 83.8 Å². The molecule has 31 heavy (non-hydrogen) atoms. The number of nitrogens with one attached hydrogen (secondary N) is 2. The van der Waals surface area contributed by atoms with Crippen LogP contribution in [-0.4, -0.2) is 24.3 Å². The van der Waals surface area contributed by atoms with E-state index in [4.69, 9.17) is 0 Å². The van der Waals surface area contributed by atoms with Crippen molar-refractivity contribution in [1.82, 2.24) is 5.32 Å². The normalized spacial score (nSPS) is 18.1. The molecule has 0 spiro atoms. The summed E-state index contributed by atoms with van der Waals surface area (Å²) in [7, 11) is 0. The molecule has 4 nitrogen and oxygen atoms in total. The Morgan fingerprint density at radius 3 is 2.42 bits per heavy atom. The number of carbonyl (C=O) groups excluding carboxylic acids is 2. The molecule has 1 aliphatic rings. The number of hydrogen-bond donors (Lipinski definition) is 2. The molecule has 3 atom stereocenters. The molecule has 3 aromatic carbocycles. The summed E-state index contributed by atoms with van der Waals surface area (Å²) in [5.74, 6) is 0.184. The molecule has 3 aromatic rings. The molecule has 0 bridgehead atoms. The predicted molar refractivity (Wildman–Crippen MR) is 122 cm³/mol. The SMILES string of the molecule is O=CC(NC(=O)c1ccc(F)cc1)C1CC1Nc1ccc(SCc2ccccc2)cc1. The largest absolute Gasteiger partial charge is 0.382 e. The minimum absolute atomic E-state index is 0.0361. The van der Waals surface area contributed by atoms with Crippen molar-refractivity contribution in [2.45, 2.75) is 29.2 Å². The fourth-order valence-corrected chi connectivity index (χ4v) is 4.31. The molecule has 158 valence electrons. The molecule has 6 heteroatoms. The zero-order valence-corrected chi connectivity index (χ0v) is 17.6. The minimum atomic E-state index is -0.573. The van der Waals surface area contributed by atoms with E-state index in [1.165, 1.54) is 34.7 Å². The van der Waals surface area contributed by atoms with Gasteiger partial charge in [-0.25, -0.2) is 4.39 Å². The average molecular weight is 435 g/mol. The first-order chi connectivity index (χ1) is 15.1. The van der Waals surface area contributed by atoms with Gasteiger partial charge in [0.1, 0.15) is 12.1 Å². The maximum Gasteiger partial charge on any atom is 0.251 e. The maximum atomic E-state index is 13.0. The lowest BCUT2D eigenvalue weighted by atomic mass is 10.1. The molecule has 0 saturated heterocycles. The number of rotatable bonds is 9. The van der Waals surface area contributed by atoms with E-state index in [0.29, 0.717) is 5.56 Å². The zero-order chi connectivity index (χ0) is 21.6. The van der Waals surface area contributed by atoms with Gasteiger partial charge in [-0.2, -0.15) is 0 Å². The second kappa shape index (κ2) is 9.79. The third kappa shape index (κ3) is 5.73. The van der Waals surface area contributed by atoms with Gasteiger partial charge in [-0.15, -0.1) is 11.8 Å². The van der Waals surface area contributed by atoms with Crippen LogP contribution in [0.2, 0.25) is 0 Å². The van der Waals surface area contributed by atoms with Crippen molar-refractivity contribution in [3.8, 4) is 0 Å². The van der Waals surface area contributed by atoms with Gasteiger partial charge in [0.25, 0.3) is 5.91 Å². The molecular formula is C25H23FN2O2S. The third-order valence-electron chi connectivity index (χ3n) is 5.31. The summed E-state index contributed by atoms with van der Waals surface area (Å²) in [6.07, 6.45) is 1.58. The Morgan fingerprint density at radius 1 is 1.03 bits per heavy atom. The van der Waals surface area contributed by atoms with Crippen LogP contribution in [0.5, 0.6) is 0 Å². The highest BCUT2D eigenvalue weighted by Gasteiger charge is 2.43. The lowest BCUT2D eigenvalue weighted by molar-refractivity contribution is -0.109. The van der Waals surface area contributed by atoms with Gasteiger partial charge in [0.05, 0.1) is 6.04 Å². The van der Waals surface area contributed by atoms with Crippen molar-refractivity contribution in [2.24, 2.45) is 5.92 Å².